The molecule has 13 nitrogen and oxygen atoms in total. The van der Waals surface area contributed by atoms with Crippen LogP contribution in [0, 0.1) is 17.1 Å². The van der Waals surface area contributed by atoms with E-state index in [0.717, 1.165) is 25.7 Å². The predicted molar refractivity (Wildman–Crippen MR) is 230 cm³/mol. The molecule has 2 fully saturated rings. The second-order valence-electron chi connectivity index (χ2n) is 16.7. The lowest BCUT2D eigenvalue weighted by molar-refractivity contribution is -0.212. The monoisotopic (exact) mass is 883 g/mol. The maximum Gasteiger partial charge on any atom is 0.530 e. The van der Waals surface area contributed by atoms with Gasteiger partial charge in [0, 0.05) is 0 Å². The fourth-order valence-corrected chi connectivity index (χ4v) is 9.56. The lowest BCUT2D eigenvalue weighted by Gasteiger charge is -2.32. The van der Waals surface area contributed by atoms with Crippen LogP contribution in [0.15, 0.2) is 60.9 Å². The molecule has 61 heavy (non-hydrogen) atoms. The zero-order valence-corrected chi connectivity index (χ0v) is 37.4. The van der Waals surface area contributed by atoms with Crippen LogP contribution < -0.4 is 10.3 Å². The number of ether oxygens (including phenoxy) is 4. The third-order valence-corrected chi connectivity index (χ3v) is 12.8. The first-order chi connectivity index (χ1) is 29.3. The van der Waals surface area contributed by atoms with E-state index in [0.29, 0.717) is 29.0 Å². The molecular formula is C45H60ClFN5O8P. The average molecular weight is 884 g/mol. The van der Waals surface area contributed by atoms with Gasteiger partial charge in [0.2, 0.25) is 0 Å². The number of nitrogens with two attached hydrogens (primary N) is 1. The second-order valence-corrected chi connectivity index (χ2v) is 18.7. The van der Waals surface area contributed by atoms with Crippen LogP contribution in [0.4, 0.5) is 10.2 Å². The predicted octanol–water partition coefficient (Wildman–Crippen LogP) is 11.2. The molecule has 0 amide bonds. The summed E-state index contributed by atoms with van der Waals surface area (Å²) in [4.78, 5) is 4.10. The third-order valence-electron chi connectivity index (χ3n) is 11.2. The molecule has 2 aromatic carbocycles. The number of rotatable bonds is 25. The Hall–Kier alpha value is -3.64. The first-order valence-corrected chi connectivity index (χ1v) is 23.4. The summed E-state index contributed by atoms with van der Waals surface area (Å²) >= 11 is 6.49. The molecule has 2 aliphatic heterocycles. The van der Waals surface area contributed by atoms with Gasteiger partial charge in [-0.3, -0.25) is 9.05 Å². The van der Waals surface area contributed by atoms with Gasteiger partial charge in [0.1, 0.15) is 47.3 Å². The largest absolute Gasteiger partial charge is 0.530 e. The molecule has 6 atom stereocenters. The summed E-state index contributed by atoms with van der Waals surface area (Å²) in [7, 11) is -4.48. The van der Waals surface area contributed by atoms with E-state index >= 15 is 0 Å². The summed E-state index contributed by atoms with van der Waals surface area (Å²) in [6.45, 7) is 7.19. The molecule has 2 aromatic heterocycles. The summed E-state index contributed by atoms with van der Waals surface area (Å²) in [5.41, 5.74) is 6.86. The van der Waals surface area contributed by atoms with Gasteiger partial charge >= 0.3 is 7.82 Å². The van der Waals surface area contributed by atoms with Gasteiger partial charge in [-0.1, -0.05) is 108 Å². The lowest BCUT2D eigenvalue weighted by atomic mass is 9.97. The van der Waals surface area contributed by atoms with Crippen LogP contribution in [0.3, 0.4) is 0 Å². The molecule has 6 rings (SSSR count). The van der Waals surface area contributed by atoms with Gasteiger partial charge in [-0.05, 0) is 75.2 Å². The Labute approximate surface area is 363 Å². The quantitative estimate of drug-likeness (QED) is 0.0496. The van der Waals surface area contributed by atoms with E-state index in [1.54, 1.807) is 41.8 Å². The number of hydrogen-bond acceptors (Lipinski definition) is 12. The van der Waals surface area contributed by atoms with Crippen molar-refractivity contribution in [2.45, 2.75) is 154 Å². The number of unbranched alkanes of at least 4 members (excludes halogenated alkanes) is 11. The Morgan fingerprint density at radius 3 is 2.36 bits per heavy atom. The van der Waals surface area contributed by atoms with Crippen molar-refractivity contribution in [3.05, 3.63) is 88.6 Å². The number of hydrogen-bond donors (Lipinski definition) is 1. The van der Waals surface area contributed by atoms with Crippen molar-refractivity contribution in [1.82, 2.24) is 14.6 Å². The Kier molecular flexibility index (Phi) is 16.6. The lowest BCUT2D eigenvalue weighted by Crippen LogP contribution is -2.44. The zero-order valence-electron chi connectivity index (χ0n) is 35.7. The number of benzene rings is 2. The summed E-state index contributed by atoms with van der Waals surface area (Å²) in [6, 6.07) is 16.3. The number of para-hydroxylation sites is 1. The minimum atomic E-state index is -4.48. The number of fused-ring (bicyclic) bond motifs is 2. The van der Waals surface area contributed by atoms with Crippen molar-refractivity contribution in [2.24, 2.45) is 0 Å². The third kappa shape index (κ3) is 12.7. The van der Waals surface area contributed by atoms with Gasteiger partial charge in [-0.25, -0.2) is 18.5 Å². The van der Waals surface area contributed by atoms with Crippen LogP contribution in [-0.4, -0.2) is 57.5 Å². The van der Waals surface area contributed by atoms with Crippen LogP contribution in [0.1, 0.15) is 134 Å². The normalized spacial score (nSPS) is 22.2. The molecule has 0 bridgehead atoms. The molecule has 2 aliphatic rings. The first-order valence-electron chi connectivity index (χ1n) is 21.6. The maximum atomic E-state index is 14.8. The van der Waals surface area contributed by atoms with Crippen molar-refractivity contribution in [3.8, 4) is 11.8 Å². The number of halogens is 2. The number of phosphoric acid groups is 1. The summed E-state index contributed by atoms with van der Waals surface area (Å²) in [6.07, 6.45) is 13.7. The van der Waals surface area contributed by atoms with E-state index in [2.05, 4.69) is 17.0 Å². The maximum absolute atomic E-state index is 14.8. The fraction of sp³-hybridized carbons (Fsp3) is 0.578. The number of aromatic nitrogens is 3. The van der Waals surface area contributed by atoms with Gasteiger partial charge in [0.25, 0.3) is 0 Å². The van der Waals surface area contributed by atoms with Crippen LogP contribution in [0.25, 0.3) is 5.52 Å². The van der Waals surface area contributed by atoms with Gasteiger partial charge < -0.3 is 29.2 Å². The molecule has 2 saturated heterocycles. The van der Waals surface area contributed by atoms with Gasteiger partial charge in [-0.15, -0.1) is 0 Å². The SMILES string of the molecule is CCCCCCCCCCCCCC[C@@H](COP(=O)(OC[C@@]1(C)O[C@@H](c2ccc3c(N)ncnn23)[C@@H]2OC(C)(C)O[C@@H]21)Oc1ccccc1Cl)OCc1cc(F)cc(C#N)c1. The molecular weight excluding hydrogens is 824 g/mol. The molecule has 0 saturated carbocycles. The highest BCUT2D eigenvalue weighted by Crippen LogP contribution is 2.55. The number of nitrogens with zero attached hydrogens (tertiary/aromatic N) is 4. The summed E-state index contributed by atoms with van der Waals surface area (Å²) in [5.74, 6) is -1.10. The Bertz CT molecular complexity index is 2140. The first kappa shape index (κ1) is 46.9. The highest BCUT2D eigenvalue weighted by Gasteiger charge is 2.62. The molecule has 2 N–H and O–H groups in total. The molecule has 1 unspecified atom stereocenters. The molecule has 0 aliphatic carbocycles. The Morgan fingerprint density at radius 2 is 1.66 bits per heavy atom. The highest BCUT2D eigenvalue weighted by atomic mass is 35.5. The van der Waals surface area contributed by atoms with Crippen molar-refractivity contribution in [3.63, 3.8) is 0 Å². The molecule has 4 heterocycles. The van der Waals surface area contributed by atoms with Crippen molar-refractivity contribution in [1.29, 1.82) is 5.26 Å². The Morgan fingerprint density at radius 1 is 0.951 bits per heavy atom. The van der Waals surface area contributed by atoms with Gasteiger partial charge in [0.15, 0.2) is 11.6 Å². The minimum Gasteiger partial charge on any atom is -0.402 e. The standard InChI is InChI=1S/C45H60ClFN5O8P/c1-5-6-7-8-9-10-11-12-13-14-15-16-19-35(54-28-33-24-32(27-48)25-34(47)26-33)29-55-61(53,60-39-21-18-17-20-36(39)46)56-30-45(4)42-41(57-44(2,3)59-42)40(58-45)37-22-23-38-43(49)50-31-51-52(37)38/h17-18,20-26,31,35,40-42H,5-16,19,28-30H2,1-4H3,(H2,49,50,51)/t35-,40-,41-,42-,45+,61?/m0/s1. The number of nitriles is 1. The number of phosphoric ester groups is 1. The van der Waals surface area contributed by atoms with Crippen LogP contribution >= 0.6 is 19.4 Å². The molecule has 332 valence electrons. The number of nitrogen functional groups attached to an aromatic ring is 1. The van der Waals surface area contributed by atoms with Crippen molar-refractivity contribution in [2.75, 3.05) is 18.9 Å². The topological polar surface area (TPSA) is 162 Å². The van der Waals surface area contributed by atoms with E-state index in [-0.39, 0.29) is 36.2 Å². The summed E-state index contributed by atoms with van der Waals surface area (Å²) in [5, 5.41) is 14.0. The average Bonchev–Trinajstić information content (AvgIpc) is 3.89. The molecule has 16 heteroatoms. The van der Waals surface area contributed by atoms with Crippen molar-refractivity contribution >= 4 is 30.8 Å². The Balaban J connectivity index is 1.15. The van der Waals surface area contributed by atoms with E-state index in [9.17, 15) is 14.2 Å². The molecule has 4 aromatic rings. The van der Waals surface area contributed by atoms with Gasteiger partial charge in [0.05, 0.1) is 48.3 Å². The van der Waals surface area contributed by atoms with Crippen molar-refractivity contribution < 1.29 is 41.5 Å². The van der Waals surface area contributed by atoms with Crippen LogP contribution in [-0.2, 0) is 39.2 Å². The van der Waals surface area contributed by atoms with Crippen LogP contribution in [0.5, 0.6) is 5.75 Å². The van der Waals surface area contributed by atoms with Gasteiger partial charge in [-0.2, -0.15) is 10.4 Å². The van der Waals surface area contributed by atoms with Crippen LogP contribution in [0.2, 0.25) is 5.02 Å². The second kappa shape index (κ2) is 21.6. The van der Waals surface area contributed by atoms with E-state index in [4.69, 9.17) is 49.9 Å². The fourth-order valence-electron chi connectivity index (χ4n) is 7.99. The smallest absolute Gasteiger partial charge is 0.402 e. The molecule has 0 radical (unpaired) electrons. The minimum absolute atomic E-state index is 0.00370. The zero-order chi connectivity index (χ0) is 43.5. The molecule has 0 spiro atoms. The number of anilines is 1. The summed E-state index contributed by atoms with van der Waals surface area (Å²) < 4.78 is 75.0. The van der Waals surface area contributed by atoms with E-state index in [1.807, 2.05) is 32.0 Å². The van der Waals surface area contributed by atoms with E-state index in [1.165, 1.54) is 69.8 Å². The highest BCUT2D eigenvalue weighted by molar-refractivity contribution is 7.49. The van der Waals surface area contributed by atoms with E-state index < -0.39 is 49.4 Å².